The topological polar surface area (TPSA) is 106 Å². The number of hydrogen-bond donors (Lipinski definition) is 0. The number of carbonyl (C=O) groups excluding carboxylic acids is 1. The van der Waals surface area contributed by atoms with Crippen LogP contribution in [0.3, 0.4) is 0 Å². The molecule has 0 spiro atoms. The van der Waals surface area contributed by atoms with Gasteiger partial charge in [0.25, 0.3) is 5.91 Å². The van der Waals surface area contributed by atoms with Crippen LogP contribution in [0.4, 0.5) is 0 Å². The molecule has 164 valence electrons. The molecule has 0 unspecified atom stereocenters. The standard InChI is InChI=1S/C20H23N5O5S/c1-14-18(19-21-7-4-8-25(19)22-14)20(26)23-9-11-24(12-10-23)31(27,28)15-5-6-16(29-2)17(13-15)30-3/h4-8,13H,9-12H2,1-3H3. The van der Waals surface area contributed by atoms with Gasteiger partial charge in [-0.15, -0.1) is 0 Å². The van der Waals surface area contributed by atoms with Crippen molar-refractivity contribution in [3.05, 3.63) is 47.9 Å². The van der Waals surface area contributed by atoms with Gasteiger partial charge in [-0.25, -0.2) is 17.9 Å². The maximum absolute atomic E-state index is 13.1. The summed E-state index contributed by atoms with van der Waals surface area (Å²) in [6, 6.07) is 6.24. The van der Waals surface area contributed by atoms with Crippen LogP contribution in [0.1, 0.15) is 16.1 Å². The highest BCUT2D eigenvalue weighted by atomic mass is 32.2. The summed E-state index contributed by atoms with van der Waals surface area (Å²) in [5, 5.41) is 4.33. The van der Waals surface area contributed by atoms with Crippen molar-refractivity contribution in [3.63, 3.8) is 0 Å². The molecule has 3 aromatic rings. The van der Waals surface area contributed by atoms with Crippen molar-refractivity contribution in [1.82, 2.24) is 23.8 Å². The number of amides is 1. The number of methoxy groups -OCH3 is 2. The fraction of sp³-hybridized carbons (Fsp3) is 0.350. The molecular formula is C20H23N5O5S. The lowest BCUT2D eigenvalue weighted by Crippen LogP contribution is -2.50. The van der Waals surface area contributed by atoms with E-state index < -0.39 is 10.0 Å². The lowest BCUT2D eigenvalue weighted by Gasteiger charge is -2.34. The predicted molar refractivity (Wildman–Crippen MR) is 112 cm³/mol. The van der Waals surface area contributed by atoms with E-state index in [2.05, 4.69) is 10.1 Å². The normalized spacial score (nSPS) is 15.3. The zero-order valence-corrected chi connectivity index (χ0v) is 18.3. The summed E-state index contributed by atoms with van der Waals surface area (Å²) in [4.78, 5) is 19.1. The third kappa shape index (κ3) is 3.70. The Bertz CT molecular complexity index is 1230. The zero-order chi connectivity index (χ0) is 22.2. The maximum atomic E-state index is 13.1. The minimum Gasteiger partial charge on any atom is -0.493 e. The van der Waals surface area contributed by atoms with Crippen LogP contribution in [0.25, 0.3) is 5.65 Å². The number of hydrogen-bond acceptors (Lipinski definition) is 7. The molecule has 1 amide bonds. The average molecular weight is 446 g/mol. The lowest BCUT2D eigenvalue weighted by atomic mass is 10.2. The van der Waals surface area contributed by atoms with E-state index in [9.17, 15) is 13.2 Å². The molecule has 0 radical (unpaired) electrons. The van der Waals surface area contributed by atoms with Gasteiger partial charge in [-0.1, -0.05) is 0 Å². The van der Waals surface area contributed by atoms with Gasteiger partial charge in [0.05, 0.1) is 24.8 Å². The number of aryl methyl sites for hydroxylation is 1. The van der Waals surface area contributed by atoms with E-state index in [1.165, 1.54) is 30.7 Å². The first-order valence-electron chi connectivity index (χ1n) is 9.68. The van der Waals surface area contributed by atoms with Crippen molar-refractivity contribution in [2.45, 2.75) is 11.8 Å². The zero-order valence-electron chi connectivity index (χ0n) is 17.5. The van der Waals surface area contributed by atoms with Crippen LogP contribution in [-0.2, 0) is 10.0 Å². The first-order chi connectivity index (χ1) is 14.9. The molecule has 0 N–H and O–H groups in total. The second-order valence-electron chi connectivity index (χ2n) is 7.06. The fourth-order valence-electron chi connectivity index (χ4n) is 3.66. The predicted octanol–water partition coefficient (Wildman–Crippen LogP) is 1.20. The highest BCUT2D eigenvalue weighted by molar-refractivity contribution is 7.89. The third-order valence-electron chi connectivity index (χ3n) is 5.30. The molecular weight excluding hydrogens is 422 g/mol. The Morgan fingerprint density at radius 3 is 2.45 bits per heavy atom. The van der Waals surface area contributed by atoms with Gasteiger partial charge in [-0.05, 0) is 25.1 Å². The molecule has 1 fully saturated rings. The van der Waals surface area contributed by atoms with Crippen LogP contribution in [0, 0.1) is 6.92 Å². The molecule has 3 heterocycles. The largest absolute Gasteiger partial charge is 0.493 e. The van der Waals surface area contributed by atoms with E-state index in [4.69, 9.17) is 9.47 Å². The van der Waals surface area contributed by atoms with Gasteiger partial charge in [0.1, 0.15) is 5.56 Å². The smallest absolute Gasteiger partial charge is 0.259 e. The molecule has 1 saturated heterocycles. The van der Waals surface area contributed by atoms with Crippen LogP contribution < -0.4 is 9.47 Å². The molecule has 1 aromatic carbocycles. The van der Waals surface area contributed by atoms with Crippen molar-refractivity contribution in [3.8, 4) is 11.5 Å². The van der Waals surface area contributed by atoms with Crippen LogP contribution >= 0.6 is 0 Å². The number of piperazine rings is 1. The number of benzene rings is 1. The summed E-state index contributed by atoms with van der Waals surface area (Å²) in [5.74, 6) is 0.595. The summed E-state index contributed by atoms with van der Waals surface area (Å²) in [6.07, 6.45) is 3.35. The number of sulfonamides is 1. The van der Waals surface area contributed by atoms with Crippen LogP contribution in [0.5, 0.6) is 11.5 Å². The number of fused-ring (bicyclic) bond motifs is 1. The van der Waals surface area contributed by atoms with Crippen LogP contribution in [0.2, 0.25) is 0 Å². The van der Waals surface area contributed by atoms with Crippen molar-refractivity contribution >= 4 is 21.6 Å². The molecule has 0 atom stereocenters. The maximum Gasteiger partial charge on any atom is 0.259 e. The quantitative estimate of drug-likeness (QED) is 0.581. The van der Waals surface area contributed by atoms with E-state index in [0.717, 1.165) is 0 Å². The summed E-state index contributed by atoms with van der Waals surface area (Å²) in [7, 11) is -0.791. The molecule has 11 heteroatoms. The van der Waals surface area contributed by atoms with Crippen LogP contribution in [0.15, 0.2) is 41.6 Å². The third-order valence-corrected chi connectivity index (χ3v) is 7.20. The average Bonchev–Trinajstić information content (AvgIpc) is 3.13. The molecule has 0 saturated carbocycles. The Labute approximate surface area is 180 Å². The molecule has 1 aliphatic heterocycles. The fourth-order valence-corrected chi connectivity index (χ4v) is 5.10. The van der Waals surface area contributed by atoms with E-state index >= 15 is 0 Å². The van der Waals surface area contributed by atoms with E-state index in [0.29, 0.717) is 28.4 Å². The van der Waals surface area contributed by atoms with Gasteiger partial charge in [0.2, 0.25) is 10.0 Å². The number of carbonyl (C=O) groups is 1. The molecule has 1 aliphatic rings. The van der Waals surface area contributed by atoms with E-state index in [1.807, 2.05) is 0 Å². The van der Waals surface area contributed by atoms with Gasteiger partial charge in [-0.2, -0.15) is 9.40 Å². The lowest BCUT2D eigenvalue weighted by molar-refractivity contribution is 0.0699. The first kappa shape index (κ1) is 21.1. The van der Waals surface area contributed by atoms with Crippen molar-refractivity contribution in [1.29, 1.82) is 0 Å². The van der Waals surface area contributed by atoms with Gasteiger partial charge in [-0.3, -0.25) is 4.79 Å². The second-order valence-corrected chi connectivity index (χ2v) is 9.00. The van der Waals surface area contributed by atoms with Crippen LogP contribution in [-0.4, -0.2) is 78.5 Å². The molecule has 2 aromatic heterocycles. The van der Waals surface area contributed by atoms with Gasteiger partial charge >= 0.3 is 0 Å². The summed E-state index contributed by atoms with van der Waals surface area (Å²) in [6.45, 7) is 2.69. The molecule has 31 heavy (non-hydrogen) atoms. The Morgan fingerprint density at radius 1 is 1.06 bits per heavy atom. The van der Waals surface area contributed by atoms with Crippen molar-refractivity contribution in [2.24, 2.45) is 0 Å². The Morgan fingerprint density at radius 2 is 1.77 bits per heavy atom. The van der Waals surface area contributed by atoms with Crippen molar-refractivity contribution < 1.29 is 22.7 Å². The number of aromatic nitrogens is 3. The molecule has 4 rings (SSSR count). The number of rotatable bonds is 5. The summed E-state index contributed by atoms with van der Waals surface area (Å²) >= 11 is 0. The molecule has 0 bridgehead atoms. The molecule has 10 nitrogen and oxygen atoms in total. The Kier molecular flexibility index (Phi) is 5.54. The number of nitrogens with zero attached hydrogens (tertiary/aromatic N) is 5. The van der Waals surface area contributed by atoms with E-state index in [-0.39, 0.29) is 37.0 Å². The SMILES string of the molecule is COc1ccc(S(=O)(=O)N2CCN(C(=O)c3c(C)nn4cccnc34)CC2)cc1OC. The Balaban J connectivity index is 1.51. The highest BCUT2D eigenvalue weighted by Gasteiger charge is 2.32. The van der Waals surface area contributed by atoms with Gasteiger partial charge < -0.3 is 14.4 Å². The second kappa shape index (κ2) is 8.16. The van der Waals surface area contributed by atoms with Gasteiger partial charge in [0.15, 0.2) is 17.1 Å². The minimum absolute atomic E-state index is 0.118. The Hall–Kier alpha value is -3.18. The number of ether oxygens (including phenoxy) is 2. The summed E-state index contributed by atoms with van der Waals surface area (Å²) in [5.41, 5.74) is 1.52. The van der Waals surface area contributed by atoms with Gasteiger partial charge in [0, 0.05) is 44.6 Å². The molecule has 0 aliphatic carbocycles. The monoisotopic (exact) mass is 445 g/mol. The summed E-state index contributed by atoms with van der Waals surface area (Å²) < 4.78 is 39.5. The highest BCUT2D eigenvalue weighted by Crippen LogP contribution is 2.31. The van der Waals surface area contributed by atoms with E-state index in [1.54, 1.807) is 40.9 Å². The first-order valence-corrected chi connectivity index (χ1v) is 11.1. The minimum atomic E-state index is -3.73. The van der Waals surface area contributed by atoms with Crippen molar-refractivity contribution in [2.75, 3.05) is 40.4 Å².